The van der Waals surface area contributed by atoms with Gasteiger partial charge < -0.3 is 9.47 Å². The van der Waals surface area contributed by atoms with E-state index in [4.69, 9.17) is 9.47 Å². The first-order valence-electron chi connectivity index (χ1n) is 9.56. The maximum Gasteiger partial charge on any atom is 0.240 e. The van der Waals surface area contributed by atoms with Gasteiger partial charge in [-0.3, -0.25) is 4.90 Å². The van der Waals surface area contributed by atoms with Gasteiger partial charge in [0.05, 0.1) is 19.1 Å². The van der Waals surface area contributed by atoms with Crippen molar-refractivity contribution in [3.63, 3.8) is 0 Å². The quantitative estimate of drug-likeness (QED) is 0.663. The Morgan fingerprint density at radius 2 is 1.79 bits per heavy atom. The zero-order valence-electron chi connectivity index (χ0n) is 17.0. The highest BCUT2D eigenvalue weighted by Gasteiger charge is 2.20. The summed E-state index contributed by atoms with van der Waals surface area (Å²) in [6.45, 7) is 4.35. The molecule has 1 aliphatic heterocycles. The normalized spacial score (nSPS) is 14.5. The Morgan fingerprint density at radius 3 is 2.45 bits per heavy atom. The minimum Gasteiger partial charge on any atom is -0.493 e. The summed E-state index contributed by atoms with van der Waals surface area (Å²) in [7, 11) is -0.376. The molecule has 3 rings (SSSR count). The van der Waals surface area contributed by atoms with Gasteiger partial charge >= 0.3 is 0 Å². The monoisotopic (exact) mass is 422 g/mol. The van der Waals surface area contributed by atoms with Crippen molar-refractivity contribution in [3.05, 3.63) is 52.8 Å². The van der Waals surface area contributed by atoms with Crippen LogP contribution in [0.1, 0.15) is 23.1 Å². The van der Waals surface area contributed by atoms with Gasteiger partial charge in [-0.05, 0) is 73.3 Å². The molecular weight excluding hydrogens is 395 g/mol. The Bertz CT molecular complexity index is 979. The van der Waals surface area contributed by atoms with Crippen molar-refractivity contribution in [2.45, 2.75) is 31.2 Å². The van der Waals surface area contributed by atoms with Gasteiger partial charge in [0.2, 0.25) is 10.0 Å². The van der Waals surface area contributed by atoms with Crippen LogP contribution >= 0.6 is 0 Å². The van der Waals surface area contributed by atoms with E-state index in [1.54, 1.807) is 21.1 Å². The number of methoxy groups -OCH3 is 2. The fourth-order valence-electron chi connectivity index (χ4n) is 3.51. The molecular formula is C21H27FN2O4S. The van der Waals surface area contributed by atoms with Crippen molar-refractivity contribution in [2.75, 3.05) is 33.9 Å². The van der Waals surface area contributed by atoms with Gasteiger partial charge in [-0.15, -0.1) is 0 Å². The van der Waals surface area contributed by atoms with Crippen LogP contribution in [0.3, 0.4) is 0 Å². The zero-order valence-corrected chi connectivity index (χ0v) is 17.8. The summed E-state index contributed by atoms with van der Waals surface area (Å²) in [6, 6.07) is 7.86. The van der Waals surface area contributed by atoms with Crippen molar-refractivity contribution < 1.29 is 22.3 Å². The van der Waals surface area contributed by atoms with E-state index >= 15 is 0 Å². The lowest BCUT2D eigenvalue weighted by atomic mass is 9.98. The first-order valence-corrected chi connectivity index (χ1v) is 11.0. The van der Waals surface area contributed by atoms with Gasteiger partial charge in [-0.1, -0.05) is 0 Å². The third-order valence-electron chi connectivity index (χ3n) is 5.18. The van der Waals surface area contributed by atoms with Gasteiger partial charge in [0.25, 0.3) is 0 Å². The number of benzene rings is 2. The minimum absolute atomic E-state index is 0.0874. The minimum atomic E-state index is -3.63. The molecule has 0 radical (unpaired) electrons. The molecule has 0 spiro atoms. The lowest BCUT2D eigenvalue weighted by molar-refractivity contribution is 0.250. The number of nitrogens with zero attached hydrogens (tertiary/aromatic N) is 1. The maximum atomic E-state index is 13.4. The van der Waals surface area contributed by atoms with Crippen LogP contribution in [0, 0.1) is 12.7 Å². The topological polar surface area (TPSA) is 67.9 Å². The number of hydrogen-bond donors (Lipinski definition) is 1. The maximum absolute atomic E-state index is 13.4. The van der Waals surface area contributed by atoms with E-state index < -0.39 is 15.8 Å². The third-order valence-corrected chi connectivity index (χ3v) is 6.64. The van der Waals surface area contributed by atoms with E-state index in [9.17, 15) is 12.8 Å². The lowest BCUT2D eigenvalue weighted by Crippen LogP contribution is -2.33. The van der Waals surface area contributed by atoms with Crippen LogP contribution in [0.5, 0.6) is 11.5 Å². The van der Waals surface area contributed by atoms with Crippen LogP contribution in [-0.4, -0.2) is 47.2 Å². The molecule has 0 aromatic heterocycles. The van der Waals surface area contributed by atoms with Crippen LogP contribution in [0.4, 0.5) is 4.39 Å². The molecule has 1 aliphatic rings. The second-order valence-electron chi connectivity index (χ2n) is 7.16. The van der Waals surface area contributed by atoms with Gasteiger partial charge in [0.1, 0.15) is 5.82 Å². The standard InChI is InChI=1S/C21H27FN2O4S/c1-15-11-18(5-6-19(15)22)29(25,26)23-8-4-9-24-10-7-16-12-20(27-2)21(28-3)13-17(16)14-24/h5-6,11-13,23H,4,7-10,14H2,1-3H3. The van der Waals surface area contributed by atoms with Gasteiger partial charge in [0, 0.05) is 19.6 Å². The summed E-state index contributed by atoms with van der Waals surface area (Å²) in [4.78, 5) is 2.38. The Morgan fingerprint density at radius 1 is 1.10 bits per heavy atom. The van der Waals surface area contributed by atoms with Gasteiger partial charge in [-0.25, -0.2) is 17.5 Å². The number of nitrogens with one attached hydrogen (secondary N) is 1. The molecule has 0 bridgehead atoms. The number of fused-ring (bicyclic) bond motifs is 1. The molecule has 1 N–H and O–H groups in total. The van der Waals surface area contributed by atoms with E-state index in [1.165, 1.54) is 29.3 Å². The number of ether oxygens (including phenoxy) is 2. The van der Waals surface area contributed by atoms with Crippen LogP contribution in [0.15, 0.2) is 35.2 Å². The Labute approximate surface area is 171 Å². The summed E-state index contributed by atoms with van der Waals surface area (Å²) in [5, 5.41) is 0. The number of rotatable bonds is 8. The molecule has 158 valence electrons. The molecule has 0 unspecified atom stereocenters. The zero-order chi connectivity index (χ0) is 21.0. The molecule has 0 atom stereocenters. The van der Waals surface area contributed by atoms with E-state index in [0.29, 0.717) is 18.5 Å². The molecule has 0 fully saturated rings. The molecule has 0 saturated carbocycles. The van der Waals surface area contributed by atoms with E-state index in [-0.39, 0.29) is 4.90 Å². The second-order valence-corrected chi connectivity index (χ2v) is 8.93. The predicted octanol–water partition coefficient (Wildman–Crippen LogP) is 2.88. The highest BCUT2D eigenvalue weighted by molar-refractivity contribution is 7.89. The SMILES string of the molecule is COc1cc2c(cc1OC)CN(CCCNS(=O)(=O)c1ccc(F)c(C)c1)CC2. The molecule has 0 aliphatic carbocycles. The first kappa shape index (κ1) is 21.5. The molecule has 8 heteroatoms. The fourth-order valence-corrected chi connectivity index (χ4v) is 4.67. The fraction of sp³-hybridized carbons (Fsp3) is 0.429. The van der Waals surface area contributed by atoms with Crippen molar-refractivity contribution in [3.8, 4) is 11.5 Å². The summed E-state index contributed by atoms with van der Waals surface area (Å²) >= 11 is 0. The largest absolute Gasteiger partial charge is 0.493 e. The van der Waals surface area contributed by atoms with Crippen molar-refractivity contribution >= 4 is 10.0 Å². The lowest BCUT2D eigenvalue weighted by Gasteiger charge is -2.29. The first-order chi connectivity index (χ1) is 13.8. The molecule has 0 amide bonds. The summed E-state index contributed by atoms with van der Waals surface area (Å²) in [5.41, 5.74) is 2.77. The molecule has 1 heterocycles. The van der Waals surface area contributed by atoms with Crippen molar-refractivity contribution in [1.29, 1.82) is 0 Å². The number of aryl methyl sites for hydroxylation is 1. The predicted molar refractivity (Wildman–Crippen MR) is 109 cm³/mol. The van der Waals surface area contributed by atoms with Crippen LogP contribution in [0.2, 0.25) is 0 Å². The smallest absolute Gasteiger partial charge is 0.240 e. The highest BCUT2D eigenvalue weighted by atomic mass is 32.2. The Balaban J connectivity index is 1.53. The summed E-state index contributed by atoms with van der Waals surface area (Å²) in [5.74, 6) is 1.05. The summed E-state index contributed by atoms with van der Waals surface area (Å²) < 4.78 is 51.5. The molecule has 6 nitrogen and oxygen atoms in total. The molecule has 29 heavy (non-hydrogen) atoms. The van der Waals surface area contributed by atoms with E-state index in [2.05, 4.69) is 9.62 Å². The van der Waals surface area contributed by atoms with E-state index in [0.717, 1.165) is 37.6 Å². The Hall–Kier alpha value is -2.16. The highest BCUT2D eigenvalue weighted by Crippen LogP contribution is 2.33. The third kappa shape index (κ3) is 5.07. The van der Waals surface area contributed by atoms with Gasteiger partial charge in [0.15, 0.2) is 11.5 Å². The molecule has 0 saturated heterocycles. The summed E-state index contributed by atoms with van der Waals surface area (Å²) in [6.07, 6.45) is 1.60. The van der Waals surface area contributed by atoms with Crippen LogP contribution in [-0.2, 0) is 23.0 Å². The van der Waals surface area contributed by atoms with Crippen molar-refractivity contribution in [1.82, 2.24) is 9.62 Å². The van der Waals surface area contributed by atoms with Crippen LogP contribution in [0.25, 0.3) is 0 Å². The number of sulfonamides is 1. The average Bonchev–Trinajstić information content (AvgIpc) is 2.71. The van der Waals surface area contributed by atoms with Gasteiger partial charge in [-0.2, -0.15) is 0 Å². The number of halogens is 1. The van der Waals surface area contributed by atoms with Crippen molar-refractivity contribution in [2.24, 2.45) is 0 Å². The van der Waals surface area contributed by atoms with E-state index in [1.807, 2.05) is 12.1 Å². The number of hydrogen-bond acceptors (Lipinski definition) is 5. The molecule has 2 aromatic rings. The van der Waals surface area contributed by atoms with Crippen LogP contribution < -0.4 is 14.2 Å². The molecule has 2 aromatic carbocycles. The second kappa shape index (κ2) is 9.11. The Kier molecular flexibility index (Phi) is 6.77. The average molecular weight is 423 g/mol.